The first-order valence-electron chi connectivity index (χ1n) is 5.01. The van der Waals surface area contributed by atoms with E-state index in [0.717, 1.165) is 5.69 Å². The monoisotopic (exact) mass is 252 g/mol. The molecular formula is C11H12N2O3S. The van der Waals surface area contributed by atoms with Crippen LogP contribution in [0.2, 0.25) is 0 Å². The van der Waals surface area contributed by atoms with Crippen LogP contribution in [0.15, 0.2) is 5.38 Å². The van der Waals surface area contributed by atoms with E-state index in [2.05, 4.69) is 16.2 Å². The Labute approximate surface area is 103 Å². The van der Waals surface area contributed by atoms with Crippen molar-refractivity contribution in [3.8, 4) is 12.3 Å². The molecule has 1 aromatic heterocycles. The van der Waals surface area contributed by atoms with Crippen LogP contribution in [0, 0.1) is 12.3 Å². The Kier molecular flexibility index (Phi) is 5.17. The van der Waals surface area contributed by atoms with E-state index in [9.17, 15) is 9.59 Å². The molecule has 90 valence electrons. The van der Waals surface area contributed by atoms with Crippen LogP contribution >= 0.6 is 11.3 Å². The van der Waals surface area contributed by atoms with Gasteiger partial charge in [-0.1, -0.05) is 5.92 Å². The van der Waals surface area contributed by atoms with Gasteiger partial charge in [0, 0.05) is 11.8 Å². The number of aromatic nitrogens is 1. The zero-order valence-corrected chi connectivity index (χ0v) is 9.92. The van der Waals surface area contributed by atoms with E-state index in [4.69, 9.17) is 11.5 Å². The van der Waals surface area contributed by atoms with Crippen LogP contribution in [0.4, 0.5) is 5.13 Å². The third-order valence-corrected chi connectivity index (χ3v) is 2.69. The number of thiazole rings is 1. The van der Waals surface area contributed by atoms with Crippen LogP contribution in [-0.2, 0) is 16.0 Å². The molecule has 0 bridgehead atoms. The van der Waals surface area contributed by atoms with E-state index in [0.29, 0.717) is 18.0 Å². The highest BCUT2D eigenvalue weighted by Gasteiger charge is 2.06. The molecule has 0 fully saturated rings. The largest absolute Gasteiger partial charge is 0.481 e. The second-order valence-electron chi connectivity index (χ2n) is 3.32. The molecule has 17 heavy (non-hydrogen) atoms. The summed E-state index contributed by atoms with van der Waals surface area (Å²) in [5.41, 5.74) is 0.784. The summed E-state index contributed by atoms with van der Waals surface area (Å²) in [6.07, 6.45) is 6.27. The van der Waals surface area contributed by atoms with E-state index in [1.54, 1.807) is 5.38 Å². The van der Waals surface area contributed by atoms with Crippen molar-refractivity contribution in [1.29, 1.82) is 0 Å². The number of nitrogens with one attached hydrogen (secondary N) is 1. The molecule has 0 aliphatic rings. The Hall–Kier alpha value is -1.87. The Bertz CT molecular complexity index is 448. The molecule has 0 saturated carbocycles. The summed E-state index contributed by atoms with van der Waals surface area (Å²) in [6, 6.07) is 0. The quantitative estimate of drug-likeness (QED) is 0.752. The molecule has 0 spiro atoms. The number of carbonyl (C=O) groups excluding carboxylic acids is 1. The summed E-state index contributed by atoms with van der Waals surface area (Å²) in [5, 5.41) is 13.3. The fourth-order valence-corrected chi connectivity index (χ4v) is 1.92. The Morgan fingerprint density at radius 1 is 1.59 bits per heavy atom. The van der Waals surface area contributed by atoms with Gasteiger partial charge in [-0.3, -0.25) is 9.59 Å². The van der Waals surface area contributed by atoms with Gasteiger partial charge in [0.25, 0.3) is 0 Å². The third-order valence-electron chi connectivity index (χ3n) is 1.88. The standard InChI is InChI=1S/C11H12N2O3S/c1-2-4-9(14)13-11-12-8(7-17-11)5-3-6-10(15)16/h1,7H,3-6H2,(H,15,16)(H,12,13,14). The molecule has 5 nitrogen and oxygen atoms in total. The number of hydrogen-bond donors (Lipinski definition) is 2. The Morgan fingerprint density at radius 2 is 2.35 bits per heavy atom. The lowest BCUT2D eigenvalue weighted by Crippen LogP contribution is -2.09. The predicted octanol–water partition coefficient (Wildman–Crippen LogP) is 1.51. The van der Waals surface area contributed by atoms with Crippen molar-refractivity contribution in [3.63, 3.8) is 0 Å². The maximum absolute atomic E-state index is 11.2. The lowest BCUT2D eigenvalue weighted by molar-refractivity contribution is -0.137. The number of rotatable bonds is 6. The molecule has 0 aliphatic heterocycles. The Morgan fingerprint density at radius 3 is 3.00 bits per heavy atom. The summed E-state index contributed by atoms with van der Waals surface area (Å²) in [6.45, 7) is 0. The average molecular weight is 252 g/mol. The van der Waals surface area contributed by atoms with Gasteiger partial charge >= 0.3 is 5.97 Å². The van der Waals surface area contributed by atoms with Crippen molar-refractivity contribution in [3.05, 3.63) is 11.1 Å². The smallest absolute Gasteiger partial charge is 0.303 e. The number of amides is 1. The topological polar surface area (TPSA) is 79.3 Å². The number of anilines is 1. The fraction of sp³-hybridized carbons (Fsp3) is 0.364. The summed E-state index contributed by atoms with van der Waals surface area (Å²) in [7, 11) is 0. The second kappa shape index (κ2) is 6.66. The minimum Gasteiger partial charge on any atom is -0.481 e. The normalized spacial score (nSPS) is 9.59. The number of carboxylic acid groups (broad SMARTS) is 1. The van der Waals surface area contributed by atoms with Gasteiger partial charge in [0.15, 0.2) is 5.13 Å². The van der Waals surface area contributed by atoms with Gasteiger partial charge in [-0.15, -0.1) is 17.8 Å². The summed E-state index contributed by atoms with van der Waals surface area (Å²) in [5.74, 6) is 1.16. The molecule has 1 heterocycles. The van der Waals surface area contributed by atoms with E-state index in [-0.39, 0.29) is 18.7 Å². The molecule has 0 aliphatic carbocycles. The highest BCUT2D eigenvalue weighted by atomic mass is 32.1. The number of aryl methyl sites for hydroxylation is 1. The molecule has 1 amide bonds. The van der Waals surface area contributed by atoms with E-state index < -0.39 is 5.97 Å². The van der Waals surface area contributed by atoms with Gasteiger partial charge in [0.05, 0.1) is 12.1 Å². The number of nitrogens with zero attached hydrogens (tertiary/aromatic N) is 1. The van der Waals surface area contributed by atoms with Gasteiger partial charge < -0.3 is 10.4 Å². The van der Waals surface area contributed by atoms with Gasteiger partial charge in [0.2, 0.25) is 5.91 Å². The number of terminal acetylenes is 1. The maximum Gasteiger partial charge on any atom is 0.303 e. The highest BCUT2D eigenvalue weighted by molar-refractivity contribution is 7.13. The molecule has 0 aromatic carbocycles. The van der Waals surface area contributed by atoms with Gasteiger partial charge in [-0.2, -0.15) is 0 Å². The van der Waals surface area contributed by atoms with Crippen LogP contribution in [0.5, 0.6) is 0 Å². The number of hydrogen-bond acceptors (Lipinski definition) is 4. The summed E-state index contributed by atoms with van der Waals surface area (Å²) in [4.78, 5) is 25.6. The van der Waals surface area contributed by atoms with E-state index >= 15 is 0 Å². The predicted molar refractivity (Wildman–Crippen MR) is 64.8 cm³/mol. The number of carboxylic acids is 1. The molecule has 1 aromatic rings. The highest BCUT2D eigenvalue weighted by Crippen LogP contribution is 2.17. The minimum absolute atomic E-state index is 0.0218. The van der Waals surface area contributed by atoms with Crippen LogP contribution in [0.1, 0.15) is 25.0 Å². The van der Waals surface area contributed by atoms with Crippen LogP contribution < -0.4 is 5.32 Å². The molecule has 2 N–H and O–H groups in total. The van der Waals surface area contributed by atoms with E-state index in [1.165, 1.54) is 11.3 Å². The molecule has 0 unspecified atom stereocenters. The van der Waals surface area contributed by atoms with E-state index in [1.807, 2.05) is 0 Å². The van der Waals surface area contributed by atoms with Crippen molar-refractivity contribution in [1.82, 2.24) is 4.98 Å². The zero-order chi connectivity index (χ0) is 12.7. The van der Waals surface area contributed by atoms with Gasteiger partial charge in [-0.05, 0) is 12.8 Å². The summed E-state index contributed by atoms with van der Waals surface area (Å²) >= 11 is 1.30. The van der Waals surface area contributed by atoms with Crippen LogP contribution in [-0.4, -0.2) is 22.0 Å². The first-order valence-corrected chi connectivity index (χ1v) is 5.89. The minimum atomic E-state index is -0.817. The van der Waals surface area contributed by atoms with Gasteiger partial charge in [-0.25, -0.2) is 4.98 Å². The molecule has 0 atom stereocenters. The lowest BCUT2D eigenvalue weighted by Gasteiger charge is -1.96. The summed E-state index contributed by atoms with van der Waals surface area (Å²) < 4.78 is 0. The first kappa shape index (κ1) is 13.2. The molecule has 0 radical (unpaired) electrons. The van der Waals surface area contributed by atoms with Crippen molar-refractivity contribution >= 4 is 28.3 Å². The Balaban J connectivity index is 2.40. The first-order chi connectivity index (χ1) is 8.11. The van der Waals surface area contributed by atoms with Gasteiger partial charge in [0.1, 0.15) is 0 Å². The second-order valence-corrected chi connectivity index (χ2v) is 4.18. The lowest BCUT2D eigenvalue weighted by atomic mass is 10.2. The molecule has 6 heteroatoms. The third kappa shape index (κ3) is 5.13. The van der Waals surface area contributed by atoms with Crippen molar-refractivity contribution < 1.29 is 14.7 Å². The van der Waals surface area contributed by atoms with Crippen LogP contribution in [0.25, 0.3) is 0 Å². The fourth-order valence-electron chi connectivity index (χ4n) is 1.16. The van der Waals surface area contributed by atoms with Crippen molar-refractivity contribution in [2.24, 2.45) is 0 Å². The van der Waals surface area contributed by atoms with Crippen molar-refractivity contribution in [2.45, 2.75) is 25.7 Å². The number of carbonyl (C=O) groups is 2. The molecule has 0 saturated heterocycles. The van der Waals surface area contributed by atoms with Crippen molar-refractivity contribution in [2.75, 3.05) is 5.32 Å². The zero-order valence-electron chi connectivity index (χ0n) is 9.10. The average Bonchev–Trinajstić information content (AvgIpc) is 2.65. The van der Waals surface area contributed by atoms with Crippen LogP contribution in [0.3, 0.4) is 0 Å². The molecular weight excluding hydrogens is 240 g/mol. The SMILES string of the molecule is C#CCC(=O)Nc1nc(CCCC(=O)O)cs1. The molecule has 1 rings (SSSR count). The maximum atomic E-state index is 11.2. The number of aliphatic carboxylic acids is 1.